The zero-order chi connectivity index (χ0) is 35.2. The van der Waals surface area contributed by atoms with Crippen LogP contribution in [0.5, 0.6) is 0 Å². The number of alkyl carbamates (subject to hydrolysis) is 1. The van der Waals surface area contributed by atoms with Crippen LogP contribution in [-0.2, 0) is 35.1 Å². The number of benzene rings is 1. The number of hydrogen-bond acceptors (Lipinski definition) is 9. The van der Waals surface area contributed by atoms with Crippen LogP contribution in [0.25, 0.3) is 0 Å². The Hall–Kier alpha value is -2.87. The lowest BCUT2D eigenvalue weighted by Crippen LogP contribution is -2.55. The summed E-state index contributed by atoms with van der Waals surface area (Å²) in [5, 5.41) is 23.0. The van der Waals surface area contributed by atoms with Gasteiger partial charge in [0.15, 0.2) is 6.29 Å². The van der Waals surface area contributed by atoms with Gasteiger partial charge in [0.05, 0.1) is 31.3 Å². The highest BCUT2D eigenvalue weighted by Gasteiger charge is 2.44. The molecular weight excluding hydrogens is 636 g/mol. The van der Waals surface area contributed by atoms with Gasteiger partial charge in [-0.25, -0.2) is 4.79 Å². The molecule has 2 aliphatic rings. The van der Waals surface area contributed by atoms with Gasteiger partial charge >= 0.3 is 6.09 Å². The quantitative estimate of drug-likeness (QED) is 0.146. The molecule has 0 aromatic heterocycles. The zero-order valence-electron chi connectivity index (χ0n) is 29.2. The van der Waals surface area contributed by atoms with E-state index in [-0.39, 0.29) is 48.9 Å². The zero-order valence-corrected chi connectivity index (χ0v) is 30.1. The summed E-state index contributed by atoms with van der Waals surface area (Å²) < 4.78 is 16.7. The number of aliphatic hydroxyl groups excluding tert-OH is 1. The number of amides is 4. The maximum atomic E-state index is 13.6. The largest absolute Gasteiger partial charge is 0.443 e. The van der Waals surface area contributed by atoms with Gasteiger partial charge in [-0.2, -0.15) is 11.8 Å². The molecule has 0 spiro atoms. The van der Waals surface area contributed by atoms with Crippen LogP contribution in [0.3, 0.4) is 0 Å². The predicted octanol–water partition coefficient (Wildman–Crippen LogP) is 3.36. The van der Waals surface area contributed by atoms with Crippen molar-refractivity contribution in [3.05, 3.63) is 35.9 Å². The summed E-state index contributed by atoms with van der Waals surface area (Å²) >= 11 is 1.40. The molecule has 1 aromatic carbocycles. The number of fused-ring (bicyclic) bond motifs is 1. The van der Waals surface area contributed by atoms with Crippen molar-refractivity contribution < 1.29 is 38.5 Å². The van der Waals surface area contributed by atoms with Gasteiger partial charge in [-0.15, -0.1) is 0 Å². The molecule has 3 rings (SSSR count). The molecule has 1 aromatic rings. The molecule has 5 N–H and O–H groups in total. The number of hydrogen-bond donors (Lipinski definition) is 5. The minimum Gasteiger partial charge on any atom is -0.443 e. The van der Waals surface area contributed by atoms with E-state index in [4.69, 9.17) is 14.2 Å². The van der Waals surface area contributed by atoms with Crippen molar-refractivity contribution in [2.24, 2.45) is 23.7 Å². The van der Waals surface area contributed by atoms with Gasteiger partial charge in [-0.05, 0) is 49.3 Å². The summed E-state index contributed by atoms with van der Waals surface area (Å²) in [5.41, 5.74) is 0.956. The van der Waals surface area contributed by atoms with Gasteiger partial charge in [0.1, 0.15) is 18.2 Å². The molecule has 0 radical (unpaired) electrons. The third-order valence-corrected chi connectivity index (χ3v) is 9.46. The second kappa shape index (κ2) is 20.0. The fourth-order valence-corrected chi connectivity index (χ4v) is 6.74. The molecule has 0 saturated carbocycles. The fraction of sp³-hybridized carbons (Fsp3) is 0.714. The van der Waals surface area contributed by atoms with Crippen LogP contribution in [-0.4, -0.2) is 90.8 Å². The normalized spacial score (nSPS) is 21.9. The molecule has 4 amide bonds. The van der Waals surface area contributed by atoms with E-state index in [0.717, 1.165) is 12.0 Å². The number of thioether (sulfide) groups is 1. The molecule has 13 heteroatoms. The van der Waals surface area contributed by atoms with Gasteiger partial charge in [-0.1, -0.05) is 71.4 Å². The maximum Gasteiger partial charge on any atom is 0.408 e. The highest BCUT2D eigenvalue weighted by atomic mass is 32.2. The van der Waals surface area contributed by atoms with Crippen molar-refractivity contribution >= 4 is 35.6 Å². The van der Waals surface area contributed by atoms with Crippen LogP contribution in [0.4, 0.5) is 4.79 Å². The van der Waals surface area contributed by atoms with E-state index in [1.165, 1.54) is 11.8 Å². The highest BCUT2D eigenvalue weighted by molar-refractivity contribution is 7.98. The third-order valence-electron chi connectivity index (χ3n) is 8.79. The van der Waals surface area contributed by atoms with Gasteiger partial charge < -0.3 is 40.6 Å². The Balaban J connectivity index is 1.62. The van der Waals surface area contributed by atoms with Crippen LogP contribution < -0.4 is 21.3 Å². The first kappa shape index (κ1) is 39.6. The third kappa shape index (κ3) is 12.2. The average molecular weight is 693 g/mol. The summed E-state index contributed by atoms with van der Waals surface area (Å²) in [7, 11) is 0. The second-order valence-corrected chi connectivity index (χ2v) is 14.5. The molecule has 2 fully saturated rings. The van der Waals surface area contributed by atoms with E-state index in [1.807, 2.05) is 71.2 Å². The Labute approximate surface area is 289 Å². The molecule has 8 atom stereocenters. The lowest BCUT2D eigenvalue weighted by Gasteiger charge is -2.31. The van der Waals surface area contributed by atoms with Crippen molar-refractivity contribution in [2.75, 3.05) is 25.2 Å². The molecule has 270 valence electrons. The monoisotopic (exact) mass is 692 g/mol. The Bertz CT molecular complexity index is 1170. The SMILES string of the molecule is CCC[C@H](C[C@H](O)[C@H](CC(C)C)NC(=O)[C@H](CSC)NC(=O)O[C@H]1CO[C@H]2OCC[C@H]21)C(=O)N[C@H](C(=O)NCc1ccccc1)C(C)C. The van der Waals surface area contributed by atoms with Crippen LogP contribution in [0.2, 0.25) is 0 Å². The molecule has 2 saturated heterocycles. The number of aliphatic hydroxyl groups is 1. The van der Waals surface area contributed by atoms with Gasteiger partial charge in [0, 0.05) is 18.2 Å². The minimum atomic E-state index is -1.04. The Morgan fingerprint density at radius 2 is 1.71 bits per heavy atom. The highest BCUT2D eigenvalue weighted by Crippen LogP contribution is 2.33. The van der Waals surface area contributed by atoms with Gasteiger partial charge in [-0.3, -0.25) is 14.4 Å². The summed E-state index contributed by atoms with van der Waals surface area (Å²) in [5.74, 6) is -1.36. The Morgan fingerprint density at radius 1 is 0.979 bits per heavy atom. The first-order valence-corrected chi connectivity index (χ1v) is 18.6. The molecule has 12 nitrogen and oxygen atoms in total. The van der Waals surface area contributed by atoms with Crippen LogP contribution >= 0.6 is 11.8 Å². The maximum absolute atomic E-state index is 13.6. The van der Waals surface area contributed by atoms with E-state index in [9.17, 15) is 24.3 Å². The number of carbonyl (C=O) groups excluding carboxylic acids is 4. The predicted molar refractivity (Wildman–Crippen MR) is 185 cm³/mol. The first-order chi connectivity index (χ1) is 22.9. The van der Waals surface area contributed by atoms with E-state index in [0.29, 0.717) is 38.2 Å². The lowest BCUT2D eigenvalue weighted by molar-refractivity contribution is -0.133. The average Bonchev–Trinajstić information content (AvgIpc) is 3.67. The van der Waals surface area contributed by atoms with Crippen molar-refractivity contribution in [2.45, 2.75) is 110 Å². The number of rotatable bonds is 19. The van der Waals surface area contributed by atoms with Gasteiger partial charge in [0.25, 0.3) is 0 Å². The second-order valence-electron chi connectivity index (χ2n) is 13.6. The van der Waals surface area contributed by atoms with Gasteiger partial charge in [0.2, 0.25) is 17.7 Å². The summed E-state index contributed by atoms with van der Waals surface area (Å²) in [6, 6.07) is 7.24. The molecule has 2 aliphatic heterocycles. The molecule has 2 heterocycles. The van der Waals surface area contributed by atoms with Crippen molar-refractivity contribution in [1.29, 1.82) is 0 Å². The topological polar surface area (TPSA) is 164 Å². The number of carbonyl (C=O) groups is 4. The standard InChI is InChI=1S/C35H56N4O8S/c1-7-11-24(31(41)39-30(22(4)5)33(43)36-18-23-12-9-8-10-13-23)17-28(40)26(16-21(2)3)37-32(42)27(20-48-6)38-35(44)47-29-19-46-34-25(29)14-15-45-34/h8-10,12-13,21-22,24-30,34,40H,7,11,14-20H2,1-6H3,(H,36,43)(H,37,42)(H,38,44)(H,39,41)/t24-,25+,26+,27+,28+,29+,30+,34-/m1/s1. The first-order valence-electron chi connectivity index (χ1n) is 17.2. The minimum absolute atomic E-state index is 0.0260. The van der Waals surface area contributed by atoms with Crippen LogP contribution in [0.15, 0.2) is 30.3 Å². The Morgan fingerprint density at radius 3 is 2.35 bits per heavy atom. The molecule has 48 heavy (non-hydrogen) atoms. The number of nitrogens with one attached hydrogen (secondary N) is 4. The van der Waals surface area contributed by atoms with Crippen LogP contribution in [0.1, 0.15) is 72.3 Å². The van der Waals surface area contributed by atoms with Crippen molar-refractivity contribution in [1.82, 2.24) is 21.3 Å². The Kier molecular flexibility index (Phi) is 16.5. The summed E-state index contributed by atoms with van der Waals surface area (Å²) in [6.45, 7) is 10.8. The van der Waals surface area contributed by atoms with E-state index < -0.39 is 48.3 Å². The van der Waals surface area contributed by atoms with E-state index in [1.54, 1.807) is 0 Å². The van der Waals surface area contributed by atoms with Crippen molar-refractivity contribution in [3.8, 4) is 0 Å². The lowest BCUT2D eigenvalue weighted by atomic mass is 9.88. The molecule has 0 unspecified atom stereocenters. The summed E-state index contributed by atoms with van der Waals surface area (Å²) in [4.78, 5) is 53.0. The van der Waals surface area contributed by atoms with Crippen molar-refractivity contribution in [3.63, 3.8) is 0 Å². The summed E-state index contributed by atoms with van der Waals surface area (Å²) in [6.07, 6.45) is 1.77. The van der Waals surface area contributed by atoms with Crippen LogP contribution in [0, 0.1) is 23.7 Å². The van der Waals surface area contributed by atoms with E-state index in [2.05, 4.69) is 21.3 Å². The smallest absolute Gasteiger partial charge is 0.408 e. The fourth-order valence-electron chi connectivity index (χ4n) is 6.18. The van der Waals surface area contributed by atoms with E-state index >= 15 is 0 Å². The number of ether oxygens (including phenoxy) is 3. The molecule has 0 aliphatic carbocycles. The molecular formula is C35H56N4O8S. The molecule has 0 bridgehead atoms.